The number of hydrogen-bond acceptors (Lipinski definition) is 3. The van der Waals surface area contributed by atoms with Gasteiger partial charge < -0.3 is 9.84 Å². The first kappa shape index (κ1) is 18.0. The van der Waals surface area contributed by atoms with Crippen molar-refractivity contribution in [3.05, 3.63) is 21.9 Å². The van der Waals surface area contributed by atoms with Gasteiger partial charge in [0.2, 0.25) is 0 Å². The number of aryl methyl sites for hydroxylation is 2. The van der Waals surface area contributed by atoms with Crippen molar-refractivity contribution in [2.45, 2.75) is 77.2 Å². The van der Waals surface area contributed by atoms with Gasteiger partial charge in [-0.15, -0.1) is 11.3 Å². The van der Waals surface area contributed by atoms with Gasteiger partial charge in [-0.3, -0.25) is 0 Å². The first-order valence-corrected chi connectivity index (χ1v) is 9.89. The number of unbranched alkanes of at least 4 members (excludes halogenated alkanes) is 1. The van der Waals surface area contributed by atoms with E-state index in [2.05, 4.69) is 19.1 Å². The lowest BCUT2D eigenvalue weighted by Crippen LogP contribution is -2.17. The number of thiophene rings is 1. The molecule has 2 nitrogen and oxygen atoms in total. The van der Waals surface area contributed by atoms with Crippen LogP contribution in [0.5, 0.6) is 0 Å². The average molecular weight is 325 g/mol. The van der Waals surface area contributed by atoms with Crippen molar-refractivity contribution < 1.29 is 9.84 Å². The first-order valence-electron chi connectivity index (χ1n) is 9.08. The van der Waals surface area contributed by atoms with E-state index < -0.39 is 0 Å². The second kappa shape index (κ2) is 10.4. The molecule has 1 heterocycles. The van der Waals surface area contributed by atoms with Crippen molar-refractivity contribution in [1.29, 1.82) is 0 Å². The summed E-state index contributed by atoms with van der Waals surface area (Å²) < 4.78 is 5.98. The molecule has 1 aliphatic carbocycles. The van der Waals surface area contributed by atoms with E-state index in [4.69, 9.17) is 9.84 Å². The largest absolute Gasteiger partial charge is 0.396 e. The molecular weight excluding hydrogens is 292 g/mol. The molecule has 126 valence electrons. The third-order valence-electron chi connectivity index (χ3n) is 4.64. The molecule has 1 atom stereocenters. The number of ether oxygens (including phenoxy) is 1. The maximum Gasteiger partial charge on any atom is 0.0575 e. The molecule has 1 fully saturated rings. The molecule has 0 amide bonds. The summed E-state index contributed by atoms with van der Waals surface area (Å²) in [5.74, 6) is 0.419. The fourth-order valence-corrected chi connectivity index (χ4v) is 4.13. The Bertz CT molecular complexity index is 396. The maximum atomic E-state index is 9.07. The van der Waals surface area contributed by atoms with E-state index in [0.717, 1.165) is 19.4 Å². The molecule has 1 unspecified atom stereocenters. The predicted molar refractivity (Wildman–Crippen MR) is 94.7 cm³/mol. The van der Waals surface area contributed by atoms with E-state index in [0.29, 0.717) is 18.6 Å². The topological polar surface area (TPSA) is 29.5 Å². The Morgan fingerprint density at radius 1 is 1.14 bits per heavy atom. The normalized spacial score (nSPS) is 17.7. The van der Waals surface area contributed by atoms with Crippen LogP contribution in [0.2, 0.25) is 0 Å². The van der Waals surface area contributed by atoms with E-state index in [9.17, 15) is 0 Å². The quantitative estimate of drug-likeness (QED) is 0.615. The molecule has 1 aliphatic rings. The Kier molecular flexibility index (Phi) is 8.50. The minimum Gasteiger partial charge on any atom is -0.396 e. The number of aliphatic hydroxyl groups is 1. The molecule has 2 rings (SSSR count). The van der Waals surface area contributed by atoms with Crippen molar-refractivity contribution in [2.24, 2.45) is 5.92 Å². The summed E-state index contributed by atoms with van der Waals surface area (Å²) in [6.07, 6.45) is 13.0. The average Bonchev–Trinajstić information content (AvgIpc) is 3.01. The lowest BCUT2D eigenvalue weighted by atomic mass is 9.98. The molecule has 1 saturated carbocycles. The SMILES string of the molecule is CC(CO)CCc1ccc(CCCCOC2CCCCC2)s1. The van der Waals surface area contributed by atoms with Gasteiger partial charge in [0, 0.05) is 23.0 Å². The van der Waals surface area contributed by atoms with Gasteiger partial charge in [-0.2, -0.15) is 0 Å². The van der Waals surface area contributed by atoms with E-state index >= 15 is 0 Å². The van der Waals surface area contributed by atoms with Crippen LogP contribution in [-0.4, -0.2) is 24.4 Å². The summed E-state index contributed by atoms with van der Waals surface area (Å²) >= 11 is 1.95. The van der Waals surface area contributed by atoms with E-state index in [1.807, 2.05) is 11.3 Å². The predicted octanol–water partition coefficient (Wildman–Crippen LogP) is 4.98. The summed E-state index contributed by atoms with van der Waals surface area (Å²) in [5, 5.41) is 9.07. The summed E-state index contributed by atoms with van der Waals surface area (Å²) in [5.41, 5.74) is 0. The van der Waals surface area contributed by atoms with Gasteiger partial charge in [0.05, 0.1) is 6.10 Å². The third kappa shape index (κ3) is 6.80. The van der Waals surface area contributed by atoms with Gasteiger partial charge in [0.15, 0.2) is 0 Å². The van der Waals surface area contributed by atoms with E-state index in [1.165, 1.54) is 61.1 Å². The highest BCUT2D eigenvalue weighted by molar-refractivity contribution is 7.11. The van der Waals surface area contributed by atoms with Gasteiger partial charge in [-0.25, -0.2) is 0 Å². The standard InChI is InChI=1S/C19H32O2S/c1-16(15-20)10-11-19-13-12-18(22-19)9-5-6-14-21-17-7-3-2-4-8-17/h12-13,16-17,20H,2-11,14-15H2,1H3. The zero-order valence-corrected chi connectivity index (χ0v) is 14.9. The Morgan fingerprint density at radius 2 is 1.86 bits per heavy atom. The molecule has 0 spiro atoms. The highest BCUT2D eigenvalue weighted by Gasteiger charge is 2.13. The van der Waals surface area contributed by atoms with Crippen molar-refractivity contribution in [1.82, 2.24) is 0 Å². The smallest absolute Gasteiger partial charge is 0.0575 e. The minimum atomic E-state index is 0.305. The van der Waals surface area contributed by atoms with Crippen LogP contribution in [0.3, 0.4) is 0 Å². The van der Waals surface area contributed by atoms with Crippen molar-refractivity contribution in [3.63, 3.8) is 0 Å². The van der Waals surface area contributed by atoms with Crippen LogP contribution >= 0.6 is 11.3 Å². The molecule has 1 N–H and O–H groups in total. The third-order valence-corrected chi connectivity index (χ3v) is 5.84. The summed E-state index contributed by atoms with van der Waals surface area (Å²) in [6.45, 7) is 3.36. The highest BCUT2D eigenvalue weighted by Crippen LogP contribution is 2.22. The van der Waals surface area contributed by atoms with Gasteiger partial charge >= 0.3 is 0 Å². The van der Waals surface area contributed by atoms with E-state index in [1.54, 1.807) is 0 Å². The monoisotopic (exact) mass is 324 g/mol. The molecule has 0 aliphatic heterocycles. The van der Waals surface area contributed by atoms with Crippen LogP contribution in [0.15, 0.2) is 12.1 Å². The van der Waals surface area contributed by atoms with Crippen LogP contribution in [0.1, 0.15) is 68.0 Å². The fourth-order valence-electron chi connectivity index (χ4n) is 3.05. The zero-order valence-electron chi connectivity index (χ0n) is 14.1. The van der Waals surface area contributed by atoms with E-state index in [-0.39, 0.29) is 0 Å². The molecule has 3 heteroatoms. The van der Waals surface area contributed by atoms with Gasteiger partial charge in [-0.05, 0) is 63.0 Å². The molecular formula is C19H32O2S. The summed E-state index contributed by atoms with van der Waals surface area (Å²) in [4.78, 5) is 2.97. The molecule has 0 aromatic carbocycles. The summed E-state index contributed by atoms with van der Waals surface area (Å²) in [7, 11) is 0. The molecule has 1 aromatic rings. The molecule has 0 radical (unpaired) electrons. The van der Waals surface area contributed by atoms with Crippen LogP contribution in [0, 0.1) is 5.92 Å². The van der Waals surface area contributed by atoms with Crippen molar-refractivity contribution in [2.75, 3.05) is 13.2 Å². The van der Waals surface area contributed by atoms with Crippen LogP contribution in [-0.2, 0) is 17.6 Å². The Balaban J connectivity index is 1.54. The molecule has 0 bridgehead atoms. The Morgan fingerprint density at radius 3 is 2.59 bits per heavy atom. The van der Waals surface area contributed by atoms with Crippen LogP contribution < -0.4 is 0 Å². The van der Waals surface area contributed by atoms with Gasteiger partial charge in [0.25, 0.3) is 0 Å². The van der Waals surface area contributed by atoms with Crippen molar-refractivity contribution in [3.8, 4) is 0 Å². The molecule has 0 saturated heterocycles. The van der Waals surface area contributed by atoms with Crippen LogP contribution in [0.4, 0.5) is 0 Å². The lowest BCUT2D eigenvalue weighted by Gasteiger charge is -2.21. The zero-order chi connectivity index (χ0) is 15.6. The lowest BCUT2D eigenvalue weighted by molar-refractivity contribution is 0.0265. The second-order valence-corrected chi connectivity index (χ2v) is 8.04. The fraction of sp³-hybridized carbons (Fsp3) is 0.789. The van der Waals surface area contributed by atoms with Crippen molar-refractivity contribution >= 4 is 11.3 Å². The number of rotatable bonds is 10. The molecule has 22 heavy (non-hydrogen) atoms. The second-order valence-electron chi connectivity index (χ2n) is 6.78. The summed E-state index contributed by atoms with van der Waals surface area (Å²) in [6, 6.07) is 4.55. The van der Waals surface area contributed by atoms with Gasteiger partial charge in [-0.1, -0.05) is 26.2 Å². The Labute approximate surface area is 139 Å². The Hall–Kier alpha value is -0.380. The number of hydrogen-bond donors (Lipinski definition) is 1. The van der Waals surface area contributed by atoms with Crippen LogP contribution in [0.25, 0.3) is 0 Å². The maximum absolute atomic E-state index is 9.07. The molecule has 1 aromatic heterocycles. The number of aliphatic hydroxyl groups excluding tert-OH is 1. The first-order chi connectivity index (χ1) is 10.8. The highest BCUT2D eigenvalue weighted by atomic mass is 32.1. The minimum absolute atomic E-state index is 0.305. The van der Waals surface area contributed by atoms with Gasteiger partial charge in [0.1, 0.15) is 0 Å².